The Morgan fingerprint density at radius 2 is 1.82 bits per heavy atom. The van der Waals surface area contributed by atoms with Gasteiger partial charge in [-0.3, -0.25) is 4.79 Å². The summed E-state index contributed by atoms with van der Waals surface area (Å²) in [6.45, 7) is 0. The fourth-order valence-electron chi connectivity index (χ4n) is 2.83. The Balaban J connectivity index is 1.78. The molecule has 2 aromatic heterocycles. The number of carbonyl (C=O) groups is 1. The van der Waals surface area contributed by atoms with Crippen molar-refractivity contribution in [1.29, 1.82) is 0 Å². The average Bonchev–Trinajstić information content (AvgIpc) is 2.70. The van der Waals surface area contributed by atoms with Gasteiger partial charge in [0.15, 0.2) is 5.56 Å². The lowest BCUT2D eigenvalue weighted by atomic mass is 10.0. The lowest BCUT2D eigenvalue weighted by molar-refractivity contribution is 0.102. The van der Waals surface area contributed by atoms with Crippen LogP contribution in [0.3, 0.4) is 0 Å². The zero-order valence-corrected chi connectivity index (χ0v) is 15.9. The first kappa shape index (κ1) is 17.9. The number of anilines is 1. The zero-order chi connectivity index (χ0) is 19.7. The predicted molar refractivity (Wildman–Crippen MR) is 109 cm³/mol. The van der Waals surface area contributed by atoms with Gasteiger partial charge in [0.25, 0.3) is 5.91 Å². The predicted octanol–water partition coefficient (Wildman–Crippen LogP) is 4.58. The van der Waals surface area contributed by atoms with Gasteiger partial charge in [-0.05, 0) is 51.3 Å². The molecule has 0 unspecified atom stereocenters. The molecular formula is C21H13BrN2O4. The number of halogens is 1. The molecule has 0 saturated heterocycles. The first-order valence-electron chi connectivity index (χ1n) is 8.31. The molecule has 7 heteroatoms. The molecule has 0 bridgehead atoms. The van der Waals surface area contributed by atoms with Crippen molar-refractivity contribution in [3.63, 3.8) is 0 Å². The number of aromatic hydroxyl groups is 1. The van der Waals surface area contributed by atoms with E-state index in [0.29, 0.717) is 0 Å². The Morgan fingerprint density at radius 1 is 1.04 bits per heavy atom. The van der Waals surface area contributed by atoms with E-state index in [1.54, 1.807) is 30.3 Å². The van der Waals surface area contributed by atoms with Gasteiger partial charge in [0.1, 0.15) is 17.2 Å². The van der Waals surface area contributed by atoms with E-state index in [-0.39, 0.29) is 16.8 Å². The molecule has 0 spiro atoms. The van der Waals surface area contributed by atoms with E-state index in [4.69, 9.17) is 4.42 Å². The standard InChI is InChI=1S/C21H13BrN2O4/c22-14-7-9-17(23-11-14)24-20(26)18-19(25)15-10-13(12-4-2-1-3-5-12)6-8-16(15)28-21(18)27/h1-11,25H,(H,23,24,26). The number of hydrogen-bond acceptors (Lipinski definition) is 5. The van der Waals surface area contributed by atoms with Crippen LogP contribution in [0.2, 0.25) is 0 Å². The second-order valence-corrected chi connectivity index (χ2v) is 6.92. The van der Waals surface area contributed by atoms with Crippen LogP contribution in [0.25, 0.3) is 22.1 Å². The van der Waals surface area contributed by atoms with Crippen LogP contribution in [-0.4, -0.2) is 16.0 Å². The Bertz CT molecular complexity index is 1240. The SMILES string of the molecule is O=C(Nc1ccc(Br)cn1)c1c(O)c2cc(-c3ccccc3)ccc2oc1=O. The quantitative estimate of drug-likeness (QED) is 0.458. The fourth-order valence-corrected chi connectivity index (χ4v) is 3.06. The largest absolute Gasteiger partial charge is 0.506 e. The minimum Gasteiger partial charge on any atom is -0.506 e. The van der Waals surface area contributed by atoms with Crippen LogP contribution in [0.4, 0.5) is 5.82 Å². The zero-order valence-electron chi connectivity index (χ0n) is 14.3. The van der Waals surface area contributed by atoms with E-state index < -0.39 is 22.8 Å². The summed E-state index contributed by atoms with van der Waals surface area (Å²) in [6.07, 6.45) is 1.50. The number of aromatic nitrogens is 1. The molecule has 2 N–H and O–H groups in total. The summed E-state index contributed by atoms with van der Waals surface area (Å²) in [4.78, 5) is 28.9. The van der Waals surface area contributed by atoms with Crippen molar-refractivity contribution < 1.29 is 14.3 Å². The second kappa shape index (κ2) is 7.28. The molecule has 0 aliphatic rings. The highest BCUT2D eigenvalue weighted by Crippen LogP contribution is 2.31. The van der Waals surface area contributed by atoms with E-state index in [9.17, 15) is 14.7 Å². The van der Waals surface area contributed by atoms with E-state index >= 15 is 0 Å². The van der Waals surface area contributed by atoms with Crippen molar-refractivity contribution in [2.45, 2.75) is 0 Å². The van der Waals surface area contributed by atoms with E-state index in [1.165, 1.54) is 6.20 Å². The van der Waals surface area contributed by atoms with Crippen molar-refractivity contribution in [2.24, 2.45) is 0 Å². The van der Waals surface area contributed by atoms with Crippen LogP contribution < -0.4 is 10.9 Å². The highest BCUT2D eigenvalue weighted by Gasteiger charge is 2.21. The molecule has 0 aliphatic carbocycles. The molecule has 0 fully saturated rings. The molecule has 2 aromatic carbocycles. The molecule has 0 saturated carbocycles. The summed E-state index contributed by atoms with van der Waals surface area (Å²) in [5, 5.41) is 13.4. The Labute approximate surface area is 167 Å². The Morgan fingerprint density at radius 3 is 2.54 bits per heavy atom. The van der Waals surface area contributed by atoms with Crippen molar-refractivity contribution in [3.05, 3.63) is 87.3 Å². The molecule has 28 heavy (non-hydrogen) atoms. The molecule has 0 atom stereocenters. The third kappa shape index (κ3) is 3.39. The summed E-state index contributed by atoms with van der Waals surface area (Å²) < 4.78 is 5.98. The summed E-state index contributed by atoms with van der Waals surface area (Å²) >= 11 is 3.25. The number of rotatable bonds is 3. The van der Waals surface area contributed by atoms with Gasteiger partial charge in [-0.2, -0.15) is 0 Å². The van der Waals surface area contributed by atoms with Crippen LogP contribution in [0.15, 0.2) is 80.5 Å². The van der Waals surface area contributed by atoms with Crippen LogP contribution in [-0.2, 0) is 0 Å². The monoisotopic (exact) mass is 436 g/mol. The number of nitrogens with zero attached hydrogens (tertiary/aromatic N) is 1. The fraction of sp³-hybridized carbons (Fsp3) is 0. The molecule has 0 radical (unpaired) electrons. The highest BCUT2D eigenvalue weighted by molar-refractivity contribution is 9.10. The number of benzene rings is 2. The molecule has 0 aliphatic heterocycles. The van der Waals surface area contributed by atoms with E-state index in [0.717, 1.165) is 15.6 Å². The molecule has 6 nitrogen and oxygen atoms in total. The van der Waals surface area contributed by atoms with Crippen molar-refractivity contribution in [1.82, 2.24) is 4.98 Å². The van der Waals surface area contributed by atoms with Gasteiger partial charge >= 0.3 is 5.63 Å². The van der Waals surface area contributed by atoms with Crippen molar-refractivity contribution >= 4 is 38.6 Å². The first-order chi connectivity index (χ1) is 13.5. The molecule has 4 rings (SSSR count). The maximum Gasteiger partial charge on any atom is 0.353 e. The normalized spacial score (nSPS) is 10.8. The number of nitrogens with one attached hydrogen (secondary N) is 1. The number of fused-ring (bicyclic) bond motifs is 1. The molecule has 2 heterocycles. The average molecular weight is 437 g/mol. The van der Waals surface area contributed by atoms with Crippen molar-refractivity contribution in [2.75, 3.05) is 5.32 Å². The van der Waals surface area contributed by atoms with Gasteiger partial charge in [-0.1, -0.05) is 36.4 Å². The number of carbonyl (C=O) groups excluding carboxylic acids is 1. The van der Waals surface area contributed by atoms with Gasteiger partial charge in [0, 0.05) is 10.7 Å². The third-order valence-electron chi connectivity index (χ3n) is 4.18. The summed E-state index contributed by atoms with van der Waals surface area (Å²) in [6, 6.07) is 17.9. The number of amides is 1. The molecular weight excluding hydrogens is 424 g/mol. The lowest BCUT2D eigenvalue weighted by Crippen LogP contribution is -2.21. The summed E-state index contributed by atoms with van der Waals surface area (Å²) in [5.74, 6) is -0.989. The third-order valence-corrected chi connectivity index (χ3v) is 4.65. The first-order valence-corrected chi connectivity index (χ1v) is 9.10. The van der Waals surface area contributed by atoms with E-state index in [2.05, 4.69) is 26.2 Å². The van der Waals surface area contributed by atoms with Gasteiger partial charge < -0.3 is 14.8 Å². The second-order valence-electron chi connectivity index (χ2n) is 6.01. The topological polar surface area (TPSA) is 92.4 Å². The molecule has 4 aromatic rings. The lowest BCUT2D eigenvalue weighted by Gasteiger charge is -2.09. The van der Waals surface area contributed by atoms with Gasteiger partial charge in [-0.25, -0.2) is 9.78 Å². The number of pyridine rings is 1. The maximum atomic E-state index is 12.6. The number of hydrogen-bond donors (Lipinski definition) is 2. The van der Waals surface area contributed by atoms with Crippen LogP contribution >= 0.6 is 15.9 Å². The Kier molecular flexibility index (Phi) is 4.67. The highest BCUT2D eigenvalue weighted by atomic mass is 79.9. The van der Waals surface area contributed by atoms with Crippen LogP contribution in [0.5, 0.6) is 5.75 Å². The van der Waals surface area contributed by atoms with E-state index in [1.807, 2.05) is 30.3 Å². The van der Waals surface area contributed by atoms with Crippen LogP contribution in [0.1, 0.15) is 10.4 Å². The summed E-state index contributed by atoms with van der Waals surface area (Å²) in [5.41, 5.74) is 0.549. The minimum atomic E-state index is -0.924. The summed E-state index contributed by atoms with van der Waals surface area (Å²) in [7, 11) is 0. The van der Waals surface area contributed by atoms with Crippen LogP contribution in [0, 0.1) is 0 Å². The molecule has 138 valence electrons. The minimum absolute atomic E-state index is 0.195. The Hall–Kier alpha value is -3.45. The smallest absolute Gasteiger partial charge is 0.353 e. The molecule has 1 amide bonds. The van der Waals surface area contributed by atoms with Gasteiger partial charge in [0.2, 0.25) is 0 Å². The van der Waals surface area contributed by atoms with Crippen molar-refractivity contribution in [3.8, 4) is 16.9 Å². The maximum absolute atomic E-state index is 12.6. The van der Waals surface area contributed by atoms with Gasteiger partial charge in [-0.15, -0.1) is 0 Å². The van der Waals surface area contributed by atoms with Gasteiger partial charge in [0.05, 0.1) is 5.39 Å².